The number of hydrogen-bond acceptors (Lipinski definition) is 1. The predicted octanol–water partition coefficient (Wildman–Crippen LogP) is 5.23. The van der Waals surface area contributed by atoms with Crippen molar-refractivity contribution in [2.75, 3.05) is 5.75 Å². The molecule has 3 rings (SSSR count). The average Bonchev–Trinajstić information content (AvgIpc) is 2.43. The molecule has 90 valence electrons. The lowest BCUT2D eigenvalue weighted by Crippen LogP contribution is -1.92. The summed E-state index contributed by atoms with van der Waals surface area (Å²) in [4.78, 5) is 0. The summed E-state index contributed by atoms with van der Waals surface area (Å²) in [6, 6.07) is 17.1. The van der Waals surface area contributed by atoms with Crippen LogP contribution in [0.4, 0.5) is 0 Å². The minimum absolute atomic E-state index is 0.871. The monoisotopic (exact) mass is 316 g/mol. The van der Waals surface area contributed by atoms with E-state index in [1.165, 1.54) is 31.6 Å². The zero-order chi connectivity index (χ0) is 12.5. The topological polar surface area (TPSA) is 0 Å². The largest absolute Gasteiger partial charge is 0.179 e. The molecule has 0 nitrogen and oxygen atoms in total. The molecular formula is C16H13BrS. The van der Waals surface area contributed by atoms with Crippen molar-refractivity contribution in [3.8, 4) is 0 Å². The minimum atomic E-state index is 0.871. The summed E-state index contributed by atoms with van der Waals surface area (Å²) < 4.78 is 1.19. The molecule has 3 aromatic carbocycles. The van der Waals surface area contributed by atoms with E-state index in [-0.39, 0.29) is 0 Å². The highest BCUT2D eigenvalue weighted by molar-refractivity contribution is 9.10. The van der Waals surface area contributed by atoms with Crippen LogP contribution in [0, 0.1) is 0 Å². The molecule has 18 heavy (non-hydrogen) atoms. The van der Waals surface area contributed by atoms with Gasteiger partial charge in [0.2, 0.25) is 0 Å². The summed E-state index contributed by atoms with van der Waals surface area (Å²) in [6.07, 6.45) is 0.997. The molecule has 0 saturated carbocycles. The van der Waals surface area contributed by atoms with Crippen LogP contribution in [0.1, 0.15) is 5.56 Å². The van der Waals surface area contributed by atoms with Crippen LogP contribution < -0.4 is 0 Å². The predicted molar refractivity (Wildman–Crippen MR) is 86.7 cm³/mol. The van der Waals surface area contributed by atoms with Crippen molar-refractivity contribution in [2.45, 2.75) is 6.42 Å². The van der Waals surface area contributed by atoms with E-state index >= 15 is 0 Å². The van der Waals surface area contributed by atoms with E-state index < -0.39 is 0 Å². The molecule has 0 aliphatic heterocycles. The molecule has 0 aliphatic carbocycles. The zero-order valence-corrected chi connectivity index (χ0v) is 12.3. The molecule has 0 heterocycles. The first-order valence-electron chi connectivity index (χ1n) is 6.01. The summed E-state index contributed by atoms with van der Waals surface area (Å²) in [6.45, 7) is 0. The molecule has 0 saturated heterocycles. The third-order valence-corrected chi connectivity index (χ3v) is 4.42. The molecule has 0 aliphatic rings. The van der Waals surface area contributed by atoms with Gasteiger partial charge >= 0.3 is 0 Å². The minimum Gasteiger partial charge on any atom is -0.179 e. The van der Waals surface area contributed by atoms with Gasteiger partial charge in [-0.1, -0.05) is 48.5 Å². The third kappa shape index (κ3) is 1.84. The van der Waals surface area contributed by atoms with Crippen LogP contribution in [0.25, 0.3) is 21.5 Å². The maximum Gasteiger partial charge on any atom is 0.0332 e. The third-order valence-electron chi connectivity index (χ3n) is 3.34. The Morgan fingerprint density at radius 3 is 1.67 bits per heavy atom. The molecule has 2 heteroatoms. The van der Waals surface area contributed by atoms with Gasteiger partial charge < -0.3 is 0 Å². The zero-order valence-electron chi connectivity index (χ0n) is 9.86. The molecule has 0 fully saturated rings. The van der Waals surface area contributed by atoms with Crippen molar-refractivity contribution in [1.82, 2.24) is 0 Å². The molecule has 0 bridgehead atoms. The Morgan fingerprint density at radius 2 is 1.22 bits per heavy atom. The Bertz CT molecular complexity index is 662. The average molecular weight is 317 g/mol. The van der Waals surface area contributed by atoms with Gasteiger partial charge in [0.15, 0.2) is 0 Å². The van der Waals surface area contributed by atoms with Gasteiger partial charge in [0.05, 0.1) is 0 Å². The summed E-state index contributed by atoms with van der Waals surface area (Å²) >= 11 is 8.15. The standard InChI is InChI=1S/C16H13BrS/c17-16-14-7-3-1-5-11(14)13(9-10-18)12-6-2-4-8-15(12)16/h1-8,18H,9-10H2. The van der Waals surface area contributed by atoms with Crippen LogP contribution in [0.3, 0.4) is 0 Å². The first-order chi connectivity index (χ1) is 8.83. The molecule has 0 radical (unpaired) electrons. The molecule has 0 aromatic heterocycles. The Balaban J connectivity index is 2.54. The molecule has 0 atom stereocenters. The fourth-order valence-electron chi connectivity index (χ4n) is 2.55. The van der Waals surface area contributed by atoms with E-state index in [4.69, 9.17) is 0 Å². The SMILES string of the molecule is SCCc1c2ccccc2c(Br)c2ccccc12. The van der Waals surface area contributed by atoms with E-state index in [1.807, 2.05) is 0 Å². The molecule has 3 aromatic rings. The smallest absolute Gasteiger partial charge is 0.0332 e. The molecule has 0 unspecified atom stereocenters. The van der Waals surface area contributed by atoms with Crippen molar-refractivity contribution in [2.24, 2.45) is 0 Å². The van der Waals surface area contributed by atoms with E-state index in [2.05, 4.69) is 77.1 Å². The van der Waals surface area contributed by atoms with Crippen molar-refractivity contribution in [3.63, 3.8) is 0 Å². The van der Waals surface area contributed by atoms with E-state index in [9.17, 15) is 0 Å². The quantitative estimate of drug-likeness (QED) is 0.486. The van der Waals surface area contributed by atoms with Crippen LogP contribution >= 0.6 is 28.6 Å². The number of thiol groups is 1. The lowest BCUT2D eigenvalue weighted by atomic mass is 9.95. The summed E-state index contributed by atoms with van der Waals surface area (Å²) in [5.74, 6) is 0.871. The van der Waals surface area contributed by atoms with Crippen LogP contribution in [0.2, 0.25) is 0 Å². The van der Waals surface area contributed by atoms with Gasteiger partial charge in [-0.3, -0.25) is 0 Å². The fourth-order valence-corrected chi connectivity index (χ4v) is 3.46. The Kier molecular flexibility index (Phi) is 3.31. The maximum atomic E-state index is 4.40. The van der Waals surface area contributed by atoms with Crippen molar-refractivity contribution < 1.29 is 0 Å². The first kappa shape index (κ1) is 12.1. The van der Waals surface area contributed by atoms with Gasteiger partial charge in [-0.05, 0) is 55.2 Å². The Labute approximate surface area is 121 Å². The second-order valence-electron chi connectivity index (χ2n) is 4.36. The molecular weight excluding hydrogens is 304 g/mol. The number of hydrogen-bond donors (Lipinski definition) is 1. The van der Waals surface area contributed by atoms with E-state index in [0.717, 1.165) is 12.2 Å². The van der Waals surface area contributed by atoms with E-state index in [0.29, 0.717) is 0 Å². The maximum absolute atomic E-state index is 4.40. The Morgan fingerprint density at radius 1 is 0.778 bits per heavy atom. The molecule has 0 amide bonds. The Hall–Kier alpha value is -0.990. The van der Waals surface area contributed by atoms with Crippen molar-refractivity contribution in [3.05, 3.63) is 58.6 Å². The number of rotatable bonds is 2. The van der Waals surface area contributed by atoms with Gasteiger partial charge in [-0.25, -0.2) is 0 Å². The first-order valence-corrected chi connectivity index (χ1v) is 7.44. The number of halogens is 1. The van der Waals surface area contributed by atoms with Crippen molar-refractivity contribution in [1.29, 1.82) is 0 Å². The van der Waals surface area contributed by atoms with E-state index in [1.54, 1.807) is 0 Å². The number of aryl methyl sites for hydroxylation is 1. The van der Waals surface area contributed by atoms with Gasteiger partial charge in [-0.15, -0.1) is 0 Å². The van der Waals surface area contributed by atoms with Crippen LogP contribution in [0.5, 0.6) is 0 Å². The number of fused-ring (bicyclic) bond motifs is 2. The normalized spacial score (nSPS) is 11.2. The lowest BCUT2D eigenvalue weighted by Gasteiger charge is -2.13. The van der Waals surface area contributed by atoms with Crippen LogP contribution in [-0.2, 0) is 6.42 Å². The van der Waals surface area contributed by atoms with Gasteiger partial charge in [0.1, 0.15) is 0 Å². The summed E-state index contributed by atoms with van der Waals surface area (Å²) in [5, 5.41) is 5.23. The molecule has 0 N–H and O–H groups in total. The van der Waals surface area contributed by atoms with Gasteiger partial charge in [0, 0.05) is 4.47 Å². The van der Waals surface area contributed by atoms with Gasteiger partial charge in [0.25, 0.3) is 0 Å². The highest BCUT2D eigenvalue weighted by atomic mass is 79.9. The van der Waals surface area contributed by atoms with Crippen LogP contribution in [0.15, 0.2) is 53.0 Å². The summed E-state index contributed by atoms with van der Waals surface area (Å²) in [7, 11) is 0. The highest BCUT2D eigenvalue weighted by Gasteiger charge is 2.10. The van der Waals surface area contributed by atoms with Crippen LogP contribution in [-0.4, -0.2) is 5.75 Å². The number of benzene rings is 3. The van der Waals surface area contributed by atoms with Gasteiger partial charge in [-0.2, -0.15) is 12.6 Å². The highest BCUT2D eigenvalue weighted by Crippen LogP contribution is 2.36. The van der Waals surface area contributed by atoms with Crippen molar-refractivity contribution >= 4 is 50.1 Å². The summed E-state index contributed by atoms with van der Waals surface area (Å²) in [5.41, 5.74) is 1.40. The fraction of sp³-hybridized carbons (Fsp3) is 0.125. The molecule has 0 spiro atoms. The lowest BCUT2D eigenvalue weighted by molar-refractivity contribution is 1.20. The second kappa shape index (κ2) is 4.94. The second-order valence-corrected chi connectivity index (χ2v) is 5.60.